The number of alkyl carbamates (subject to hydrolysis) is 1. The van der Waals surface area contributed by atoms with E-state index in [1.165, 1.54) is 19.3 Å². The number of ether oxygens (including phenoxy) is 1. The normalized spacial score (nSPS) is 18.8. The van der Waals surface area contributed by atoms with Gasteiger partial charge in [-0.25, -0.2) is 4.79 Å². The van der Waals surface area contributed by atoms with Crippen LogP contribution in [0.15, 0.2) is 0 Å². The van der Waals surface area contributed by atoms with E-state index in [0.717, 1.165) is 12.8 Å². The summed E-state index contributed by atoms with van der Waals surface area (Å²) in [4.78, 5) is 10.9. The number of nitrogens with one attached hydrogen (secondary N) is 1. The molecule has 3 heteroatoms. The SMILES string of the molecule is [CH2]CNC(=O)OC1CCCCC1. The molecular formula is C9H16NO2. The van der Waals surface area contributed by atoms with Gasteiger partial charge >= 0.3 is 6.09 Å². The molecule has 1 fully saturated rings. The molecule has 12 heavy (non-hydrogen) atoms. The molecule has 0 aliphatic heterocycles. The lowest BCUT2D eigenvalue weighted by Gasteiger charge is -2.21. The molecule has 1 radical (unpaired) electrons. The van der Waals surface area contributed by atoms with E-state index in [2.05, 4.69) is 12.2 Å². The average molecular weight is 170 g/mol. The molecule has 1 aliphatic rings. The number of rotatable bonds is 2. The lowest BCUT2D eigenvalue weighted by atomic mass is 9.98. The Balaban J connectivity index is 2.15. The zero-order chi connectivity index (χ0) is 8.81. The quantitative estimate of drug-likeness (QED) is 0.687. The molecule has 0 bridgehead atoms. The van der Waals surface area contributed by atoms with Gasteiger partial charge in [0.2, 0.25) is 0 Å². The summed E-state index contributed by atoms with van der Waals surface area (Å²) in [5.41, 5.74) is 0. The fourth-order valence-electron chi connectivity index (χ4n) is 1.48. The fourth-order valence-corrected chi connectivity index (χ4v) is 1.48. The van der Waals surface area contributed by atoms with E-state index in [9.17, 15) is 4.79 Å². The van der Waals surface area contributed by atoms with Crippen molar-refractivity contribution in [2.75, 3.05) is 6.54 Å². The average Bonchev–Trinajstić information content (AvgIpc) is 2.06. The topological polar surface area (TPSA) is 38.3 Å². The van der Waals surface area contributed by atoms with Crippen LogP contribution in [0.1, 0.15) is 32.1 Å². The van der Waals surface area contributed by atoms with E-state index in [4.69, 9.17) is 4.74 Å². The summed E-state index contributed by atoms with van der Waals surface area (Å²) in [6.45, 7) is 3.90. The minimum Gasteiger partial charge on any atom is -0.446 e. The Labute approximate surface area is 73.5 Å². The molecule has 1 N–H and O–H groups in total. The molecule has 0 aromatic heterocycles. The predicted octanol–water partition coefficient (Wildman–Crippen LogP) is 1.88. The molecular weight excluding hydrogens is 154 g/mol. The van der Waals surface area contributed by atoms with Crippen LogP contribution in [-0.4, -0.2) is 18.7 Å². The second-order valence-corrected chi connectivity index (χ2v) is 3.09. The van der Waals surface area contributed by atoms with Crippen molar-refractivity contribution in [2.45, 2.75) is 38.2 Å². The predicted molar refractivity (Wildman–Crippen MR) is 46.7 cm³/mol. The lowest BCUT2D eigenvalue weighted by molar-refractivity contribution is 0.0761. The first kappa shape index (κ1) is 9.36. The molecule has 69 valence electrons. The maximum Gasteiger partial charge on any atom is 0.407 e. The van der Waals surface area contributed by atoms with Crippen LogP contribution >= 0.6 is 0 Å². The smallest absolute Gasteiger partial charge is 0.407 e. The number of hydrogen-bond acceptors (Lipinski definition) is 2. The van der Waals surface area contributed by atoms with Crippen molar-refractivity contribution < 1.29 is 9.53 Å². The van der Waals surface area contributed by atoms with Crippen LogP contribution in [0.4, 0.5) is 4.79 Å². The van der Waals surface area contributed by atoms with Gasteiger partial charge in [0.1, 0.15) is 6.10 Å². The third-order valence-electron chi connectivity index (χ3n) is 2.10. The summed E-state index contributed by atoms with van der Waals surface area (Å²) in [7, 11) is 0. The Bertz CT molecular complexity index is 141. The Kier molecular flexibility index (Phi) is 3.91. The molecule has 0 heterocycles. The monoisotopic (exact) mass is 170 g/mol. The highest BCUT2D eigenvalue weighted by Crippen LogP contribution is 2.20. The number of hydrogen-bond donors (Lipinski definition) is 1. The van der Waals surface area contributed by atoms with E-state index in [-0.39, 0.29) is 12.2 Å². The Morgan fingerprint density at radius 2 is 2.08 bits per heavy atom. The summed E-state index contributed by atoms with van der Waals surface area (Å²) in [5.74, 6) is 0. The highest BCUT2D eigenvalue weighted by molar-refractivity contribution is 5.67. The van der Waals surface area contributed by atoms with Gasteiger partial charge in [-0.1, -0.05) is 6.42 Å². The fraction of sp³-hybridized carbons (Fsp3) is 0.778. The van der Waals surface area contributed by atoms with Gasteiger partial charge in [0.05, 0.1) is 0 Å². The van der Waals surface area contributed by atoms with Crippen molar-refractivity contribution in [3.8, 4) is 0 Å². The Morgan fingerprint density at radius 3 is 2.67 bits per heavy atom. The molecule has 0 spiro atoms. The highest BCUT2D eigenvalue weighted by atomic mass is 16.6. The maximum atomic E-state index is 10.9. The van der Waals surface area contributed by atoms with Gasteiger partial charge in [0.25, 0.3) is 0 Å². The third kappa shape index (κ3) is 3.11. The number of carbonyl (C=O) groups excluding carboxylic acids is 1. The van der Waals surface area contributed by atoms with Crippen LogP contribution < -0.4 is 5.32 Å². The number of carbonyl (C=O) groups is 1. The van der Waals surface area contributed by atoms with E-state index in [1.807, 2.05) is 0 Å². The van der Waals surface area contributed by atoms with E-state index in [1.54, 1.807) is 0 Å². The van der Waals surface area contributed by atoms with Crippen LogP contribution in [0.2, 0.25) is 0 Å². The van der Waals surface area contributed by atoms with E-state index in [0.29, 0.717) is 6.54 Å². The minimum atomic E-state index is -0.322. The molecule has 0 atom stereocenters. The van der Waals surface area contributed by atoms with Crippen LogP contribution in [-0.2, 0) is 4.74 Å². The second kappa shape index (κ2) is 5.01. The Hall–Kier alpha value is -0.730. The molecule has 3 nitrogen and oxygen atoms in total. The van der Waals surface area contributed by atoms with Crippen molar-refractivity contribution in [3.63, 3.8) is 0 Å². The van der Waals surface area contributed by atoms with Crippen molar-refractivity contribution in [3.05, 3.63) is 6.92 Å². The molecule has 1 amide bonds. The van der Waals surface area contributed by atoms with Crippen molar-refractivity contribution in [1.82, 2.24) is 5.32 Å². The number of amides is 1. The molecule has 1 saturated carbocycles. The zero-order valence-electron chi connectivity index (χ0n) is 7.34. The van der Waals surface area contributed by atoms with Crippen LogP contribution in [0.3, 0.4) is 0 Å². The molecule has 0 aromatic rings. The van der Waals surface area contributed by atoms with Crippen molar-refractivity contribution in [2.24, 2.45) is 0 Å². The lowest BCUT2D eigenvalue weighted by Crippen LogP contribution is -2.29. The van der Waals surface area contributed by atoms with Gasteiger partial charge < -0.3 is 10.1 Å². The van der Waals surface area contributed by atoms with Crippen molar-refractivity contribution >= 4 is 6.09 Å². The first-order chi connectivity index (χ1) is 5.83. The van der Waals surface area contributed by atoms with Gasteiger partial charge in [-0.2, -0.15) is 0 Å². The van der Waals surface area contributed by atoms with Crippen LogP contribution in [0.5, 0.6) is 0 Å². The van der Waals surface area contributed by atoms with Crippen LogP contribution in [0, 0.1) is 6.92 Å². The van der Waals surface area contributed by atoms with Crippen molar-refractivity contribution in [1.29, 1.82) is 0 Å². The second-order valence-electron chi connectivity index (χ2n) is 3.09. The van der Waals surface area contributed by atoms with E-state index < -0.39 is 0 Å². The Morgan fingerprint density at radius 1 is 1.42 bits per heavy atom. The van der Waals surface area contributed by atoms with Gasteiger partial charge in [0.15, 0.2) is 0 Å². The molecule has 1 rings (SSSR count). The summed E-state index contributed by atoms with van der Waals surface area (Å²) in [6, 6.07) is 0. The first-order valence-electron chi connectivity index (χ1n) is 4.56. The van der Waals surface area contributed by atoms with E-state index >= 15 is 0 Å². The standard InChI is InChI=1S/C9H16NO2/c1-2-10-9(11)12-8-6-4-3-5-7-8/h8H,1-7H2,(H,10,11). The summed E-state index contributed by atoms with van der Waals surface area (Å²) >= 11 is 0. The molecule has 1 aliphatic carbocycles. The molecule has 0 saturated heterocycles. The largest absolute Gasteiger partial charge is 0.446 e. The zero-order valence-corrected chi connectivity index (χ0v) is 7.34. The summed E-state index contributed by atoms with van der Waals surface area (Å²) in [6.07, 6.45) is 5.50. The maximum absolute atomic E-state index is 10.9. The van der Waals surface area contributed by atoms with Crippen LogP contribution in [0.25, 0.3) is 0 Å². The summed E-state index contributed by atoms with van der Waals surface area (Å²) in [5, 5.41) is 2.52. The minimum absolute atomic E-state index is 0.144. The highest BCUT2D eigenvalue weighted by Gasteiger charge is 2.16. The first-order valence-corrected chi connectivity index (χ1v) is 4.56. The molecule has 0 aromatic carbocycles. The van der Waals surface area contributed by atoms with Gasteiger partial charge in [-0.05, 0) is 32.6 Å². The van der Waals surface area contributed by atoms with Gasteiger partial charge in [-0.15, -0.1) is 0 Å². The molecule has 0 unspecified atom stereocenters. The third-order valence-corrected chi connectivity index (χ3v) is 2.10. The van der Waals surface area contributed by atoms with Gasteiger partial charge in [-0.3, -0.25) is 0 Å². The summed E-state index contributed by atoms with van der Waals surface area (Å²) < 4.78 is 5.14. The van der Waals surface area contributed by atoms with Gasteiger partial charge in [0, 0.05) is 6.54 Å².